The third-order valence-electron chi connectivity index (χ3n) is 5.21. The molecular weight excluding hydrogens is 388 g/mol. The molecule has 0 N–H and O–H groups in total. The van der Waals surface area contributed by atoms with Crippen molar-refractivity contribution in [3.05, 3.63) is 100 Å². The van der Waals surface area contributed by atoms with Gasteiger partial charge in [-0.05, 0) is 53.8 Å². The number of carbonyl (C=O) groups is 2. The maximum atomic E-state index is 12.7. The Hall–Kier alpha value is -3.66. The van der Waals surface area contributed by atoms with Crippen LogP contribution in [-0.4, -0.2) is 11.8 Å². The van der Waals surface area contributed by atoms with Gasteiger partial charge >= 0.3 is 5.97 Å². The molecule has 156 valence electrons. The number of carbonyl (C=O) groups excluding carboxylic acids is 2. The predicted octanol–water partition coefficient (Wildman–Crippen LogP) is 6.13. The monoisotopic (exact) mass is 412 g/mol. The topological polar surface area (TPSA) is 52.6 Å². The van der Waals surface area contributed by atoms with Crippen molar-refractivity contribution in [2.45, 2.75) is 33.1 Å². The number of fused-ring (bicyclic) bond motifs is 1. The highest BCUT2D eigenvalue weighted by Gasteiger charge is 2.28. The van der Waals surface area contributed by atoms with Crippen LogP contribution in [0.1, 0.15) is 58.2 Å². The smallest absolute Gasteiger partial charge is 0.343 e. The molecule has 0 aromatic heterocycles. The van der Waals surface area contributed by atoms with E-state index in [9.17, 15) is 9.59 Å². The van der Waals surface area contributed by atoms with Gasteiger partial charge in [0.15, 0.2) is 5.76 Å². The van der Waals surface area contributed by atoms with Crippen LogP contribution in [0.2, 0.25) is 0 Å². The van der Waals surface area contributed by atoms with Crippen LogP contribution in [0.15, 0.2) is 72.5 Å². The van der Waals surface area contributed by atoms with E-state index in [1.165, 1.54) is 5.56 Å². The molecule has 0 fully saturated rings. The Bertz CT molecular complexity index is 1180. The van der Waals surface area contributed by atoms with E-state index in [1.807, 2.05) is 31.2 Å². The molecule has 0 saturated carbocycles. The normalized spacial score (nSPS) is 14.3. The van der Waals surface area contributed by atoms with Crippen molar-refractivity contribution in [3.63, 3.8) is 0 Å². The number of aryl methyl sites for hydroxylation is 1. The summed E-state index contributed by atoms with van der Waals surface area (Å²) in [5.41, 5.74) is 4.14. The van der Waals surface area contributed by atoms with Crippen molar-refractivity contribution < 1.29 is 19.1 Å². The minimum atomic E-state index is -0.459. The van der Waals surface area contributed by atoms with Crippen LogP contribution in [0.4, 0.5) is 0 Å². The number of esters is 1. The highest BCUT2D eigenvalue weighted by Crippen LogP contribution is 2.35. The zero-order chi connectivity index (χ0) is 22.2. The number of hydrogen-bond acceptors (Lipinski definition) is 4. The van der Waals surface area contributed by atoms with Crippen LogP contribution in [-0.2, 0) is 5.41 Å². The van der Waals surface area contributed by atoms with Gasteiger partial charge in [0.05, 0.1) is 11.1 Å². The molecule has 1 heterocycles. The van der Waals surface area contributed by atoms with E-state index in [2.05, 4.69) is 32.9 Å². The van der Waals surface area contributed by atoms with Gasteiger partial charge < -0.3 is 9.47 Å². The van der Waals surface area contributed by atoms with Crippen LogP contribution in [0.5, 0.6) is 11.5 Å². The number of hydrogen-bond donors (Lipinski definition) is 0. The molecule has 3 aromatic carbocycles. The number of Topliss-reactive ketones (excluding diaryl/α,β-unsaturated/α-hetero) is 1. The van der Waals surface area contributed by atoms with Gasteiger partial charge in [-0.2, -0.15) is 0 Å². The summed E-state index contributed by atoms with van der Waals surface area (Å²) in [5.74, 6) is 0.315. The molecule has 4 rings (SSSR count). The van der Waals surface area contributed by atoms with E-state index < -0.39 is 5.97 Å². The van der Waals surface area contributed by atoms with Gasteiger partial charge in [-0.15, -0.1) is 0 Å². The average molecular weight is 412 g/mol. The van der Waals surface area contributed by atoms with Crippen molar-refractivity contribution in [3.8, 4) is 11.5 Å². The minimum absolute atomic E-state index is 0.0635. The molecule has 1 aliphatic rings. The molecule has 0 bridgehead atoms. The predicted molar refractivity (Wildman–Crippen MR) is 121 cm³/mol. The second-order valence-electron chi connectivity index (χ2n) is 8.73. The van der Waals surface area contributed by atoms with Gasteiger partial charge in [-0.25, -0.2) is 4.79 Å². The van der Waals surface area contributed by atoms with Crippen LogP contribution in [0, 0.1) is 6.92 Å². The first-order chi connectivity index (χ1) is 14.7. The summed E-state index contributed by atoms with van der Waals surface area (Å²) < 4.78 is 11.2. The number of allylic oxidation sites excluding steroid dienone is 1. The Morgan fingerprint density at radius 1 is 0.935 bits per heavy atom. The van der Waals surface area contributed by atoms with Crippen molar-refractivity contribution >= 4 is 17.8 Å². The Labute approximate surface area is 182 Å². The second kappa shape index (κ2) is 7.88. The Balaban J connectivity index is 1.52. The van der Waals surface area contributed by atoms with Gasteiger partial charge in [0.2, 0.25) is 5.78 Å². The SMILES string of the molecule is Cc1ccc(C(=O)Oc2ccc3c(c2)O/C(=C\c2ccc(C(C)(C)C)cc2)C3=O)cc1. The number of ether oxygens (including phenoxy) is 2. The fourth-order valence-electron chi connectivity index (χ4n) is 3.32. The largest absolute Gasteiger partial charge is 0.452 e. The third-order valence-corrected chi connectivity index (χ3v) is 5.21. The minimum Gasteiger partial charge on any atom is -0.452 e. The van der Waals surface area contributed by atoms with Gasteiger partial charge in [0.25, 0.3) is 0 Å². The molecule has 0 aliphatic carbocycles. The molecule has 0 radical (unpaired) electrons. The highest BCUT2D eigenvalue weighted by molar-refractivity contribution is 6.14. The maximum absolute atomic E-state index is 12.7. The number of benzene rings is 3. The van der Waals surface area contributed by atoms with Crippen LogP contribution < -0.4 is 9.47 Å². The lowest BCUT2D eigenvalue weighted by atomic mass is 9.86. The quantitative estimate of drug-likeness (QED) is 0.295. The maximum Gasteiger partial charge on any atom is 0.343 e. The van der Waals surface area contributed by atoms with Gasteiger partial charge in [0.1, 0.15) is 11.5 Å². The molecule has 0 atom stereocenters. The average Bonchev–Trinajstić information content (AvgIpc) is 3.03. The molecular formula is C27H24O4. The van der Waals surface area contributed by atoms with E-state index in [4.69, 9.17) is 9.47 Å². The molecule has 1 aliphatic heterocycles. The first-order valence-electron chi connectivity index (χ1n) is 10.2. The van der Waals surface area contributed by atoms with E-state index in [-0.39, 0.29) is 17.0 Å². The first kappa shape index (κ1) is 20.6. The molecule has 4 nitrogen and oxygen atoms in total. The molecule has 4 heteroatoms. The van der Waals surface area contributed by atoms with E-state index in [0.717, 1.165) is 11.1 Å². The molecule has 0 saturated heterocycles. The lowest BCUT2D eigenvalue weighted by Gasteiger charge is -2.18. The summed E-state index contributed by atoms with van der Waals surface area (Å²) in [5, 5.41) is 0. The molecule has 0 unspecified atom stereocenters. The standard InChI is InChI=1S/C27H24O4/c1-17-5-9-19(10-6-17)26(29)30-21-13-14-22-23(16-21)31-24(25(22)28)15-18-7-11-20(12-8-18)27(2,3)4/h5-16H,1-4H3/b24-15-. The summed E-state index contributed by atoms with van der Waals surface area (Å²) in [6.45, 7) is 8.42. The van der Waals surface area contributed by atoms with Crippen molar-refractivity contribution in [2.75, 3.05) is 0 Å². The number of ketones is 1. The van der Waals surface area contributed by atoms with E-state index in [1.54, 1.807) is 36.4 Å². The van der Waals surface area contributed by atoms with Crippen LogP contribution in [0.25, 0.3) is 6.08 Å². The fraction of sp³-hybridized carbons (Fsp3) is 0.185. The Morgan fingerprint density at radius 3 is 2.26 bits per heavy atom. The number of rotatable bonds is 3. The fourth-order valence-corrected chi connectivity index (χ4v) is 3.32. The van der Waals surface area contributed by atoms with Crippen molar-refractivity contribution in [1.82, 2.24) is 0 Å². The summed E-state index contributed by atoms with van der Waals surface area (Å²) in [6, 6.07) is 20.0. The van der Waals surface area contributed by atoms with Gasteiger partial charge in [-0.1, -0.05) is 62.7 Å². The summed E-state index contributed by atoms with van der Waals surface area (Å²) in [6.07, 6.45) is 1.73. The third kappa shape index (κ3) is 4.43. The van der Waals surface area contributed by atoms with Crippen LogP contribution in [0.3, 0.4) is 0 Å². The lowest BCUT2D eigenvalue weighted by Crippen LogP contribution is -2.10. The van der Waals surface area contributed by atoms with Crippen molar-refractivity contribution in [2.24, 2.45) is 0 Å². The molecule has 0 amide bonds. The Kier molecular flexibility index (Phi) is 5.24. The van der Waals surface area contributed by atoms with Crippen LogP contribution >= 0.6 is 0 Å². The molecule has 0 spiro atoms. The highest BCUT2D eigenvalue weighted by atomic mass is 16.5. The van der Waals surface area contributed by atoms with Gasteiger partial charge in [-0.3, -0.25) is 4.79 Å². The van der Waals surface area contributed by atoms with Gasteiger partial charge in [0, 0.05) is 6.07 Å². The zero-order valence-corrected chi connectivity index (χ0v) is 18.1. The molecule has 31 heavy (non-hydrogen) atoms. The summed E-state index contributed by atoms with van der Waals surface area (Å²) in [7, 11) is 0. The first-order valence-corrected chi connectivity index (χ1v) is 10.2. The lowest BCUT2D eigenvalue weighted by molar-refractivity contribution is 0.0734. The summed E-state index contributed by atoms with van der Waals surface area (Å²) in [4.78, 5) is 25.1. The van der Waals surface area contributed by atoms with E-state index in [0.29, 0.717) is 22.6 Å². The summed E-state index contributed by atoms with van der Waals surface area (Å²) >= 11 is 0. The zero-order valence-electron chi connectivity index (χ0n) is 18.1. The Morgan fingerprint density at radius 2 is 1.61 bits per heavy atom. The van der Waals surface area contributed by atoms with E-state index >= 15 is 0 Å². The molecule has 3 aromatic rings. The van der Waals surface area contributed by atoms with Crippen molar-refractivity contribution in [1.29, 1.82) is 0 Å². The second-order valence-corrected chi connectivity index (χ2v) is 8.73.